The first kappa shape index (κ1) is 31.2. The Morgan fingerprint density at radius 2 is 1.52 bits per heavy atom. The summed E-state index contributed by atoms with van der Waals surface area (Å²) in [5.74, 6) is -0.982. The van der Waals surface area contributed by atoms with Crippen LogP contribution < -0.4 is 16.0 Å². The minimum Gasteiger partial charge on any atom is -0.343 e. The lowest BCUT2D eigenvalue weighted by atomic mass is 9.98. The lowest BCUT2D eigenvalue weighted by Gasteiger charge is -2.39. The maximum Gasteiger partial charge on any atom is 0.247 e. The van der Waals surface area contributed by atoms with Crippen LogP contribution in [0, 0.1) is 11.8 Å². The standard InChI is InChI=1S/C33H45N5O4/c1-22(2)19-29(39)37-18-17-26-15-16-28(38(26)33(42)27(21-37)35-31(40)23(3)20-34-4)32(41)36-30(24-11-7-5-8-12-24)25-13-9-6-10-14-25/h5-14,22-23,26-28,30,34H,15-21H2,1-4H3,(H,35,40)(H,36,41)/t23-,26-,27+,28+/m1/s1. The third kappa shape index (κ3) is 7.56. The van der Waals surface area contributed by atoms with Gasteiger partial charge < -0.3 is 25.8 Å². The highest BCUT2D eigenvalue weighted by Crippen LogP contribution is 2.31. The van der Waals surface area contributed by atoms with Crippen LogP contribution in [-0.2, 0) is 19.2 Å². The molecular formula is C33H45N5O4. The summed E-state index contributed by atoms with van der Waals surface area (Å²) in [6.07, 6.45) is 2.16. The van der Waals surface area contributed by atoms with Crippen LogP contribution in [0.15, 0.2) is 60.7 Å². The van der Waals surface area contributed by atoms with Gasteiger partial charge >= 0.3 is 0 Å². The maximum atomic E-state index is 14.2. The van der Waals surface area contributed by atoms with E-state index in [0.29, 0.717) is 38.8 Å². The second-order valence-electron chi connectivity index (χ2n) is 12.0. The summed E-state index contributed by atoms with van der Waals surface area (Å²) < 4.78 is 0. The van der Waals surface area contributed by atoms with E-state index in [1.807, 2.05) is 74.5 Å². The number of hydrogen-bond donors (Lipinski definition) is 3. The summed E-state index contributed by atoms with van der Waals surface area (Å²) in [6, 6.07) is 17.4. The van der Waals surface area contributed by atoms with Crippen LogP contribution in [0.3, 0.4) is 0 Å². The molecule has 9 heteroatoms. The van der Waals surface area contributed by atoms with Crippen LogP contribution in [0.25, 0.3) is 0 Å². The van der Waals surface area contributed by atoms with Crippen molar-refractivity contribution in [2.24, 2.45) is 11.8 Å². The van der Waals surface area contributed by atoms with Gasteiger partial charge in [0.25, 0.3) is 0 Å². The fourth-order valence-electron chi connectivity index (χ4n) is 6.05. The van der Waals surface area contributed by atoms with Gasteiger partial charge in [-0.1, -0.05) is 81.4 Å². The zero-order chi connectivity index (χ0) is 30.2. The third-order valence-electron chi connectivity index (χ3n) is 8.26. The second-order valence-corrected chi connectivity index (χ2v) is 12.0. The van der Waals surface area contributed by atoms with E-state index in [-0.39, 0.29) is 54.1 Å². The fraction of sp³-hybridized carbons (Fsp3) is 0.515. The van der Waals surface area contributed by atoms with E-state index in [2.05, 4.69) is 16.0 Å². The van der Waals surface area contributed by atoms with Crippen molar-refractivity contribution in [2.75, 3.05) is 26.7 Å². The van der Waals surface area contributed by atoms with Crippen molar-refractivity contribution in [3.8, 4) is 0 Å². The first-order valence-corrected chi connectivity index (χ1v) is 15.1. The van der Waals surface area contributed by atoms with Gasteiger partial charge in [0.05, 0.1) is 6.04 Å². The Hall–Kier alpha value is -3.72. The summed E-state index contributed by atoms with van der Waals surface area (Å²) in [6.45, 7) is 6.81. The molecule has 0 saturated carbocycles. The summed E-state index contributed by atoms with van der Waals surface area (Å²) in [5, 5.41) is 9.15. The van der Waals surface area contributed by atoms with E-state index in [4.69, 9.17) is 0 Å². The highest BCUT2D eigenvalue weighted by atomic mass is 16.2. The number of rotatable bonds is 10. The average Bonchev–Trinajstić information content (AvgIpc) is 3.40. The molecule has 2 saturated heterocycles. The smallest absolute Gasteiger partial charge is 0.247 e. The molecule has 4 amide bonds. The Balaban J connectivity index is 1.59. The molecule has 42 heavy (non-hydrogen) atoms. The minimum atomic E-state index is -0.928. The van der Waals surface area contributed by atoms with Crippen molar-refractivity contribution >= 4 is 23.6 Å². The summed E-state index contributed by atoms with van der Waals surface area (Å²) in [4.78, 5) is 57.7. The quantitative estimate of drug-likeness (QED) is 0.404. The second kappa shape index (κ2) is 14.4. The molecule has 2 aromatic rings. The zero-order valence-electron chi connectivity index (χ0n) is 25.2. The van der Waals surface area contributed by atoms with Crippen molar-refractivity contribution in [1.29, 1.82) is 0 Å². The Kier molecular flexibility index (Phi) is 10.7. The Morgan fingerprint density at radius 1 is 0.905 bits per heavy atom. The molecule has 4 atom stereocenters. The molecule has 2 aromatic carbocycles. The number of benzene rings is 2. The third-order valence-corrected chi connectivity index (χ3v) is 8.26. The predicted molar refractivity (Wildman–Crippen MR) is 162 cm³/mol. The van der Waals surface area contributed by atoms with E-state index in [0.717, 1.165) is 11.1 Å². The van der Waals surface area contributed by atoms with Crippen molar-refractivity contribution < 1.29 is 19.2 Å². The monoisotopic (exact) mass is 575 g/mol. The van der Waals surface area contributed by atoms with E-state index in [1.54, 1.807) is 23.8 Å². The number of fused-ring (bicyclic) bond motifs is 1. The van der Waals surface area contributed by atoms with E-state index in [1.165, 1.54) is 0 Å². The van der Waals surface area contributed by atoms with E-state index >= 15 is 0 Å². The van der Waals surface area contributed by atoms with Gasteiger partial charge in [0.2, 0.25) is 23.6 Å². The number of nitrogens with one attached hydrogen (secondary N) is 3. The molecule has 2 aliphatic heterocycles. The van der Waals surface area contributed by atoms with Gasteiger partial charge in [-0.25, -0.2) is 0 Å². The molecule has 0 aliphatic carbocycles. The van der Waals surface area contributed by atoms with Crippen LogP contribution in [0.4, 0.5) is 0 Å². The number of carbonyl (C=O) groups excluding carboxylic acids is 4. The molecule has 4 rings (SSSR count). The Morgan fingerprint density at radius 3 is 2.10 bits per heavy atom. The van der Waals surface area contributed by atoms with Gasteiger partial charge in [0.15, 0.2) is 0 Å². The first-order valence-electron chi connectivity index (χ1n) is 15.1. The van der Waals surface area contributed by atoms with Crippen molar-refractivity contribution in [3.63, 3.8) is 0 Å². The van der Waals surface area contributed by atoms with E-state index in [9.17, 15) is 19.2 Å². The molecule has 3 N–H and O–H groups in total. The molecule has 2 aliphatic rings. The van der Waals surface area contributed by atoms with Crippen LogP contribution in [-0.4, -0.2) is 78.2 Å². The van der Waals surface area contributed by atoms with Crippen molar-refractivity contribution in [2.45, 2.75) is 70.6 Å². The number of nitrogens with zero attached hydrogens (tertiary/aromatic N) is 2. The topological polar surface area (TPSA) is 111 Å². The predicted octanol–water partition coefficient (Wildman–Crippen LogP) is 2.87. The molecule has 2 fully saturated rings. The lowest BCUT2D eigenvalue weighted by Crippen LogP contribution is -2.61. The molecule has 226 valence electrons. The summed E-state index contributed by atoms with van der Waals surface area (Å²) in [7, 11) is 1.77. The molecule has 0 spiro atoms. The number of carbonyl (C=O) groups is 4. The average molecular weight is 576 g/mol. The first-order chi connectivity index (χ1) is 20.2. The van der Waals surface area contributed by atoms with Gasteiger partial charge in [-0.3, -0.25) is 19.2 Å². The maximum absolute atomic E-state index is 14.2. The fourth-order valence-corrected chi connectivity index (χ4v) is 6.05. The highest BCUT2D eigenvalue weighted by molar-refractivity contribution is 5.94. The van der Waals surface area contributed by atoms with Crippen molar-refractivity contribution in [1.82, 2.24) is 25.8 Å². The van der Waals surface area contributed by atoms with Crippen LogP contribution in [0.1, 0.15) is 63.6 Å². The van der Waals surface area contributed by atoms with Crippen LogP contribution in [0.2, 0.25) is 0 Å². The molecular weight excluding hydrogens is 530 g/mol. The van der Waals surface area contributed by atoms with Gasteiger partial charge in [-0.2, -0.15) is 0 Å². The summed E-state index contributed by atoms with van der Waals surface area (Å²) in [5.41, 5.74) is 1.90. The van der Waals surface area contributed by atoms with Gasteiger partial charge in [0.1, 0.15) is 12.1 Å². The van der Waals surface area contributed by atoms with Gasteiger partial charge in [0, 0.05) is 38.0 Å². The molecule has 0 radical (unpaired) electrons. The minimum absolute atomic E-state index is 0.0189. The van der Waals surface area contributed by atoms with Gasteiger partial charge in [-0.15, -0.1) is 0 Å². The SMILES string of the molecule is CNC[C@@H](C)C(=O)N[C@H]1CN(C(=O)CC(C)C)CC[C@H]2CC[C@@H](C(=O)NC(c3ccccc3)c3ccccc3)N2C1=O. The molecule has 9 nitrogen and oxygen atoms in total. The largest absolute Gasteiger partial charge is 0.343 e. The number of hydrogen-bond acceptors (Lipinski definition) is 5. The highest BCUT2D eigenvalue weighted by Gasteiger charge is 2.46. The normalized spacial score (nSPS) is 21.5. The number of amides is 4. The summed E-state index contributed by atoms with van der Waals surface area (Å²) >= 11 is 0. The zero-order valence-corrected chi connectivity index (χ0v) is 25.2. The molecule has 0 bridgehead atoms. The Labute approximate surface area is 249 Å². The molecule has 2 heterocycles. The van der Waals surface area contributed by atoms with Gasteiger partial charge in [-0.05, 0) is 43.4 Å². The lowest BCUT2D eigenvalue weighted by molar-refractivity contribution is -0.147. The molecule has 0 aromatic heterocycles. The van der Waals surface area contributed by atoms with Crippen molar-refractivity contribution in [3.05, 3.63) is 71.8 Å². The van der Waals surface area contributed by atoms with E-state index < -0.39 is 12.1 Å². The van der Waals surface area contributed by atoms with Crippen LogP contribution in [0.5, 0.6) is 0 Å². The van der Waals surface area contributed by atoms with Crippen LogP contribution >= 0.6 is 0 Å². The molecule has 0 unspecified atom stereocenters. The Bertz CT molecular complexity index is 1180.